The Morgan fingerprint density at radius 2 is 1.96 bits per heavy atom. The predicted molar refractivity (Wildman–Crippen MR) is 101 cm³/mol. The summed E-state index contributed by atoms with van der Waals surface area (Å²) in [5.74, 6) is 0.0395. The van der Waals surface area contributed by atoms with E-state index in [0.717, 1.165) is 0 Å². The molecule has 2 heterocycles. The summed E-state index contributed by atoms with van der Waals surface area (Å²) in [4.78, 5) is 8.77. The van der Waals surface area contributed by atoms with Crippen LogP contribution < -0.4 is 10.6 Å². The van der Waals surface area contributed by atoms with Gasteiger partial charge in [0.05, 0.1) is 11.1 Å². The Hall–Kier alpha value is -2.85. The number of halogens is 1. The number of hydrogen-bond acceptors (Lipinski definition) is 9. The van der Waals surface area contributed by atoms with Gasteiger partial charge in [-0.25, -0.2) is 4.68 Å². The van der Waals surface area contributed by atoms with Crippen LogP contribution in [-0.4, -0.2) is 52.9 Å². The molecule has 1 unspecified atom stereocenters. The van der Waals surface area contributed by atoms with Crippen LogP contribution in [0.15, 0.2) is 12.1 Å². The van der Waals surface area contributed by atoms with Crippen molar-refractivity contribution >= 4 is 34.5 Å². The molecular weight excluding hydrogens is 374 g/mol. The van der Waals surface area contributed by atoms with E-state index in [-0.39, 0.29) is 29.6 Å². The number of rotatable bonds is 7. The summed E-state index contributed by atoms with van der Waals surface area (Å²) >= 11 is 5.78. The lowest BCUT2D eigenvalue weighted by molar-refractivity contribution is 0.208. The molecular formula is C16H20ClN7O3. The lowest BCUT2D eigenvalue weighted by Crippen LogP contribution is -2.17. The average molecular weight is 394 g/mol. The van der Waals surface area contributed by atoms with Crippen molar-refractivity contribution in [3.05, 3.63) is 22.7 Å². The number of aromatic nitrogens is 5. The molecule has 0 spiro atoms. The molecule has 0 saturated heterocycles. The maximum atomic E-state index is 10.0. The fourth-order valence-corrected chi connectivity index (χ4v) is 2.58. The topological polar surface area (TPSA) is 141 Å². The molecule has 0 aliphatic carbocycles. The van der Waals surface area contributed by atoms with E-state index in [4.69, 9.17) is 11.6 Å². The van der Waals surface area contributed by atoms with Crippen molar-refractivity contribution in [2.45, 2.75) is 33.0 Å². The van der Waals surface area contributed by atoms with Crippen LogP contribution in [0, 0.1) is 0 Å². The number of benzene rings is 1. The summed E-state index contributed by atoms with van der Waals surface area (Å²) in [7, 11) is 0. The fraction of sp³-hybridized carbons (Fsp3) is 0.375. The minimum Gasteiger partial charge on any atom is -0.504 e. The maximum Gasteiger partial charge on any atom is 0.226 e. The van der Waals surface area contributed by atoms with E-state index in [0.29, 0.717) is 35.0 Å². The van der Waals surface area contributed by atoms with Gasteiger partial charge in [-0.2, -0.15) is 9.97 Å². The molecule has 1 aromatic carbocycles. The Labute approximate surface area is 159 Å². The van der Waals surface area contributed by atoms with E-state index in [2.05, 4.69) is 30.9 Å². The molecule has 1 atom stereocenters. The third-order valence-electron chi connectivity index (χ3n) is 3.85. The minimum absolute atomic E-state index is 0.0659. The molecule has 0 bridgehead atoms. The number of aromatic hydroxyl groups is 2. The standard InChI is InChI=1S/C16H20ClN7O3/c1-3-24-15-11(22-23-24)14(20-16(21-15)19-6-8(2)25)18-7-9-4-5-10(17)13(27)12(9)26/h4-5,8,25-27H,3,6-7H2,1-2H3,(H2,18,19,20,21). The summed E-state index contributed by atoms with van der Waals surface area (Å²) in [6, 6.07) is 3.09. The maximum absolute atomic E-state index is 10.0. The lowest BCUT2D eigenvalue weighted by Gasteiger charge is -2.12. The largest absolute Gasteiger partial charge is 0.504 e. The molecule has 0 amide bonds. The quantitative estimate of drug-likeness (QED) is 0.379. The van der Waals surface area contributed by atoms with Crippen LogP contribution in [0.25, 0.3) is 11.2 Å². The van der Waals surface area contributed by atoms with Crippen molar-refractivity contribution in [3.63, 3.8) is 0 Å². The number of aliphatic hydroxyl groups excluding tert-OH is 1. The Balaban J connectivity index is 1.92. The van der Waals surface area contributed by atoms with Gasteiger partial charge in [-0.3, -0.25) is 0 Å². The summed E-state index contributed by atoms with van der Waals surface area (Å²) < 4.78 is 1.63. The molecule has 0 fully saturated rings. The van der Waals surface area contributed by atoms with Crippen molar-refractivity contribution < 1.29 is 15.3 Å². The molecule has 144 valence electrons. The first-order valence-corrected chi connectivity index (χ1v) is 8.74. The van der Waals surface area contributed by atoms with Gasteiger partial charge < -0.3 is 26.0 Å². The first kappa shape index (κ1) is 18.9. The molecule has 0 radical (unpaired) electrons. The van der Waals surface area contributed by atoms with E-state index >= 15 is 0 Å². The van der Waals surface area contributed by atoms with Gasteiger partial charge >= 0.3 is 0 Å². The zero-order chi connectivity index (χ0) is 19.6. The average Bonchev–Trinajstić information content (AvgIpc) is 3.07. The highest BCUT2D eigenvalue weighted by molar-refractivity contribution is 6.32. The minimum atomic E-state index is -0.566. The summed E-state index contributed by atoms with van der Waals surface area (Å²) in [6.45, 7) is 4.59. The zero-order valence-electron chi connectivity index (χ0n) is 14.8. The van der Waals surface area contributed by atoms with Crippen LogP contribution in [-0.2, 0) is 13.1 Å². The highest BCUT2D eigenvalue weighted by Gasteiger charge is 2.16. The summed E-state index contributed by atoms with van der Waals surface area (Å²) in [6.07, 6.45) is -0.566. The molecule has 3 aromatic rings. The Bertz CT molecular complexity index is 961. The molecule has 0 aliphatic heterocycles. The number of anilines is 2. The summed E-state index contributed by atoms with van der Waals surface area (Å²) in [5, 5.41) is 43.5. The van der Waals surface area contributed by atoms with Crippen LogP contribution in [0.1, 0.15) is 19.4 Å². The van der Waals surface area contributed by atoms with Crippen LogP contribution >= 0.6 is 11.6 Å². The monoisotopic (exact) mass is 393 g/mol. The van der Waals surface area contributed by atoms with Crippen molar-refractivity contribution in [1.82, 2.24) is 25.0 Å². The van der Waals surface area contributed by atoms with Gasteiger partial charge in [0.1, 0.15) is 0 Å². The number of hydrogen-bond donors (Lipinski definition) is 5. The highest BCUT2D eigenvalue weighted by Crippen LogP contribution is 2.36. The number of fused-ring (bicyclic) bond motifs is 1. The third-order valence-corrected chi connectivity index (χ3v) is 4.15. The highest BCUT2D eigenvalue weighted by atomic mass is 35.5. The van der Waals surface area contributed by atoms with Gasteiger partial charge in [0.15, 0.2) is 28.5 Å². The molecule has 3 rings (SSSR count). The van der Waals surface area contributed by atoms with E-state index in [1.165, 1.54) is 6.07 Å². The predicted octanol–water partition coefficient (Wildman–Crippen LogP) is 1.71. The first-order chi connectivity index (χ1) is 12.9. The van der Waals surface area contributed by atoms with Crippen LogP contribution in [0.3, 0.4) is 0 Å². The number of nitrogens with zero attached hydrogens (tertiary/aromatic N) is 5. The van der Waals surface area contributed by atoms with E-state index < -0.39 is 6.10 Å². The Morgan fingerprint density at radius 1 is 1.19 bits per heavy atom. The van der Waals surface area contributed by atoms with Crippen molar-refractivity contribution in [2.75, 3.05) is 17.2 Å². The van der Waals surface area contributed by atoms with E-state index in [1.807, 2.05) is 6.92 Å². The Morgan fingerprint density at radius 3 is 2.67 bits per heavy atom. The van der Waals surface area contributed by atoms with Crippen LogP contribution in [0.4, 0.5) is 11.8 Å². The lowest BCUT2D eigenvalue weighted by atomic mass is 10.2. The molecule has 0 aliphatic rings. The van der Waals surface area contributed by atoms with Gasteiger partial charge in [-0.05, 0) is 19.9 Å². The second kappa shape index (κ2) is 7.80. The number of phenolic OH excluding ortho intramolecular Hbond substituents is 2. The van der Waals surface area contributed by atoms with Crippen LogP contribution in [0.2, 0.25) is 5.02 Å². The van der Waals surface area contributed by atoms with E-state index in [9.17, 15) is 15.3 Å². The Kier molecular flexibility index (Phi) is 5.47. The second-order valence-electron chi connectivity index (χ2n) is 5.96. The molecule has 11 heteroatoms. The third kappa shape index (κ3) is 3.96. The molecule has 2 aromatic heterocycles. The summed E-state index contributed by atoms with van der Waals surface area (Å²) in [5.41, 5.74) is 1.44. The molecule has 5 N–H and O–H groups in total. The number of phenols is 2. The molecule has 0 saturated carbocycles. The molecule has 27 heavy (non-hydrogen) atoms. The first-order valence-electron chi connectivity index (χ1n) is 8.37. The van der Waals surface area contributed by atoms with E-state index in [1.54, 1.807) is 17.7 Å². The van der Waals surface area contributed by atoms with Gasteiger partial charge in [-0.15, -0.1) is 5.10 Å². The SMILES string of the molecule is CCn1nnc2c(NCc3ccc(Cl)c(O)c3O)nc(NCC(C)O)nc21. The van der Waals surface area contributed by atoms with Gasteiger partial charge in [0.25, 0.3) is 0 Å². The van der Waals surface area contributed by atoms with Gasteiger partial charge in [0, 0.05) is 25.2 Å². The number of aliphatic hydroxyl groups is 1. The number of nitrogens with one attached hydrogen (secondary N) is 2. The van der Waals surface area contributed by atoms with Crippen molar-refractivity contribution in [2.24, 2.45) is 0 Å². The van der Waals surface area contributed by atoms with Gasteiger partial charge in [-0.1, -0.05) is 22.9 Å². The smallest absolute Gasteiger partial charge is 0.226 e. The second-order valence-corrected chi connectivity index (χ2v) is 6.37. The fourth-order valence-electron chi connectivity index (χ4n) is 2.43. The van der Waals surface area contributed by atoms with Crippen molar-refractivity contribution in [1.29, 1.82) is 0 Å². The van der Waals surface area contributed by atoms with Crippen LogP contribution in [0.5, 0.6) is 11.5 Å². The normalized spacial score (nSPS) is 12.3. The zero-order valence-corrected chi connectivity index (χ0v) is 15.6. The molecule has 10 nitrogen and oxygen atoms in total. The van der Waals surface area contributed by atoms with Gasteiger partial charge in [0.2, 0.25) is 5.95 Å². The van der Waals surface area contributed by atoms with Crippen molar-refractivity contribution in [3.8, 4) is 11.5 Å². The number of aryl methyl sites for hydroxylation is 1.